The van der Waals surface area contributed by atoms with Gasteiger partial charge in [-0.15, -0.1) is 0 Å². The zero-order valence-electron chi connectivity index (χ0n) is 10.9. The third-order valence-corrected chi connectivity index (χ3v) is 3.88. The van der Waals surface area contributed by atoms with Gasteiger partial charge in [-0.2, -0.15) is 0 Å². The molecule has 2 aromatic rings. The normalized spacial score (nSPS) is 13.8. The summed E-state index contributed by atoms with van der Waals surface area (Å²) in [6.07, 6.45) is 8.63. The summed E-state index contributed by atoms with van der Waals surface area (Å²) in [5.41, 5.74) is 4.62. The van der Waals surface area contributed by atoms with E-state index in [1.165, 1.54) is 5.56 Å². The molecule has 0 aliphatic carbocycles. The summed E-state index contributed by atoms with van der Waals surface area (Å²) in [6, 6.07) is 2.21. The van der Waals surface area contributed by atoms with E-state index in [9.17, 15) is 0 Å². The molecule has 0 aromatic carbocycles. The maximum atomic E-state index is 6.23. The van der Waals surface area contributed by atoms with Gasteiger partial charge in [-0.05, 0) is 36.5 Å². The molecule has 2 aromatic heterocycles. The first-order chi connectivity index (χ1) is 9.29. The molecule has 0 saturated heterocycles. The molecule has 98 valence electrons. The zero-order chi connectivity index (χ0) is 13.2. The number of anilines is 1. The van der Waals surface area contributed by atoms with Crippen molar-refractivity contribution in [2.24, 2.45) is 0 Å². The molecule has 0 spiro atoms. The maximum Gasteiger partial charge on any atom is 0.129 e. The number of fused-ring (bicyclic) bond motifs is 1. The van der Waals surface area contributed by atoms with Crippen molar-refractivity contribution in [2.45, 2.75) is 26.2 Å². The number of hydrogen-bond donors (Lipinski definition) is 1. The Balaban J connectivity index is 2.09. The van der Waals surface area contributed by atoms with Gasteiger partial charge in [0.05, 0.1) is 5.02 Å². The average Bonchev–Trinajstić information content (AvgIpc) is 2.46. The van der Waals surface area contributed by atoms with Crippen LogP contribution < -0.4 is 5.32 Å². The van der Waals surface area contributed by atoms with Crippen LogP contribution in [0.2, 0.25) is 5.02 Å². The molecule has 0 unspecified atom stereocenters. The molecule has 1 aliphatic rings. The van der Waals surface area contributed by atoms with Gasteiger partial charge in [0.2, 0.25) is 0 Å². The van der Waals surface area contributed by atoms with Crippen molar-refractivity contribution < 1.29 is 0 Å². The van der Waals surface area contributed by atoms with Gasteiger partial charge in [-0.25, -0.2) is 4.98 Å². The Kier molecular flexibility index (Phi) is 3.38. The highest BCUT2D eigenvalue weighted by Crippen LogP contribution is 2.31. The number of aryl methyl sites for hydroxylation is 1. The molecule has 3 nitrogen and oxygen atoms in total. The molecule has 4 heteroatoms. The van der Waals surface area contributed by atoms with Crippen LogP contribution in [0, 0.1) is 0 Å². The summed E-state index contributed by atoms with van der Waals surface area (Å²) < 4.78 is 0. The van der Waals surface area contributed by atoms with E-state index in [2.05, 4.69) is 28.3 Å². The van der Waals surface area contributed by atoms with Crippen molar-refractivity contribution in [3.05, 3.63) is 40.8 Å². The van der Waals surface area contributed by atoms with E-state index < -0.39 is 0 Å². The van der Waals surface area contributed by atoms with Crippen LogP contribution in [0.3, 0.4) is 0 Å². The lowest BCUT2D eigenvalue weighted by molar-refractivity contribution is 0.818. The summed E-state index contributed by atoms with van der Waals surface area (Å²) in [6.45, 7) is 3.12. The molecule has 3 rings (SSSR count). The quantitative estimate of drug-likeness (QED) is 0.906. The molecule has 0 atom stereocenters. The largest absolute Gasteiger partial charge is 0.370 e. The van der Waals surface area contributed by atoms with Crippen LogP contribution in [0.15, 0.2) is 24.7 Å². The number of aromatic nitrogens is 2. The van der Waals surface area contributed by atoms with E-state index in [0.29, 0.717) is 0 Å². The predicted molar refractivity (Wildman–Crippen MR) is 78.7 cm³/mol. The molecule has 1 aliphatic heterocycles. The van der Waals surface area contributed by atoms with Gasteiger partial charge in [0.1, 0.15) is 5.82 Å². The summed E-state index contributed by atoms with van der Waals surface area (Å²) in [5.74, 6) is 1.02. The summed E-state index contributed by atoms with van der Waals surface area (Å²) in [7, 11) is 0. The van der Waals surface area contributed by atoms with Crippen LogP contribution >= 0.6 is 11.6 Å². The highest BCUT2D eigenvalue weighted by Gasteiger charge is 2.13. The van der Waals surface area contributed by atoms with Gasteiger partial charge in [0.25, 0.3) is 0 Å². The van der Waals surface area contributed by atoms with E-state index in [0.717, 1.165) is 53.3 Å². The molecule has 0 amide bonds. The van der Waals surface area contributed by atoms with Crippen LogP contribution in [0.1, 0.15) is 24.5 Å². The number of pyridine rings is 2. The summed E-state index contributed by atoms with van der Waals surface area (Å²) in [4.78, 5) is 8.72. The van der Waals surface area contributed by atoms with Gasteiger partial charge in [0.15, 0.2) is 0 Å². The zero-order valence-corrected chi connectivity index (χ0v) is 11.7. The number of halogens is 1. The van der Waals surface area contributed by atoms with Crippen molar-refractivity contribution in [1.82, 2.24) is 9.97 Å². The Hall–Kier alpha value is -1.61. The second kappa shape index (κ2) is 5.17. The second-order valence-electron chi connectivity index (χ2n) is 4.76. The minimum atomic E-state index is 0.732. The minimum Gasteiger partial charge on any atom is -0.370 e. The Morgan fingerprint density at radius 1 is 1.32 bits per heavy atom. The van der Waals surface area contributed by atoms with Gasteiger partial charge in [-0.1, -0.05) is 18.5 Å². The molecular weight excluding hydrogens is 258 g/mol. The second-order valence-corrected chi connectivity index (χ2v) is 5.17. The lowest BCUT2D eigenvalue weighted by atomic mass is 9.98. The smallest absolute Gasteiger partial charge is 0.129 e. The van der Waals surface area contributed by atoms with E-state index in [1.54, 1.807) is 6.20 Å². The van der Waals surface area contributed by atoms with Crippen molar-refractivity contribution >= 4 is 17.4 Å². The number of nitrogens with one attached hydrogen (secondary N) is 1. The monoisotopic (exact) mass is 273 g/mol. The van der Waals surface area contributed by atoms with Crippen LogP contribution in [0.5, 0.6) is 0 Å². The molecule has 19 heavy (non-hydrogen) atoms. The van der Waals surface area contributed by atoms with Gasteiger partial charge < -0.3 is 5.32 Å². The molecule has 3 heterocycles. The molecule has 0 fully saturated rings. The fourth-order valence-corrected chi connectivity index (χ4v) is 2.85. The topological polar surface area (TPSA) is 37.8 Å². The fourth-order valence-electron chi connectivity index (χ4n) is 2.56. The first-order valence-electron chi connectivity index (χ1n) is 6.65. The standard InChI is InChI=1S/C15H16ClN3/c1-2-12-13(8-17-9-14(12)16)11-6-10-4-3-5-18-15(10)19-7-11/h6-9H,2-5H2,1H3,(H,18,19). The number of hydrogen-bond acceptors (Lipinski definition) is 3. The fraction of sp³-hybridized carbons (Fsp3) is 0.333. The highest BCUT2D eigenvalue weighted by molar-refractivity contribution is 6.31. The summed E-state index contributed by atoms with van der Waals surface area (Å²) >= 11 is 6.23. The molecule has 1 N–H and O–H groups in total. The lowest BCUT2D eigenvalue weighted by Crippen LogP contribution is -2.13. The molecule has 0 radical (unpaired) electrons. The van der Waals surface area contributed by atoms with Crippen molar-refractivity contribution in [1.29, 1.82) is 0 Å². The van der Waals surface area contributed by atoms with Crippen molar-refractivity contribution in [3.8, 4) is 11.1 Å². The van der Waals surface area contributed by atoms with Crippen LogP contribution in [-0.4, -0.2) is 16.5 Å². The Bertz CT molecular complexity index is 610. The Morgan fingerprint density at radius 2 is 2.21 bits per heavy atom. The first-order valence-corrected chi connectivity index (χ1v) is 7.03. The average molecular weight is 274 g/mol. The summed E-state index contributed by atoms with van der Waals surface area (Å²) in [5, 5.41) is 4.06. The molecule has 0 bridgehead atoms. The highest BCUT2D eigenvalue weighted by atomic mass is 35.5. The van der Waals surface area contributed by atoms with E-state index in [4.69, 9.17) is 11.6 Å². The Morgan fingerprint density at radius 3 is 3.05 bits per heavy atom. The Labute approximate surface area is 118 Å². The maximum absolute atomic E-state index is 6.23. The van der Waals surface area contributed by atoms with Crippen molar-refractivity contribution in [2.75, 3.05) is 11.9 Å². The third-order valence-electron chi connectivity index (χ3n) is 3.55. The number of rotatable bonds is 2. The third kappa shape index (κ3) is 2.30. The van der Waals surface area contributed by atoms with Crippen LogP contribution in [0.4, 0.5) is 5.82 Å². The van der Waals surface area contributed by atoms with E-state index in [-0.39, 0.29) is 0 Å². The lowest BCUT2D eigenvalue weighted by Gasteiger charge is -2.18. The van der Waals surface area contributed by atoms with Gasteiger partial charge >= 0.3 is 0 Å². The van der Waals surface area contributed by atoms with Gasteiger partial charge in [0, 0.05) is 36.3 Å². The minimum absolute atomic E-state index is 0.732. The van der Waals surface area contributed by atoms with Crippen LogP contribution in [0.25, 0.3) is 11.1 Å². The van der Waals surface area contributed by atoms with E-state index >= 15 is 0 Å². The van der Waals surface area contributed by atoms with Gasteiger partial charge in [-0.3, -0.25) is 4.98 Å². The SMILES string of the molecule is CCc1c(Cl)cncc1-c1cnc2c(c1)CCCN2. The van der Waals surface area contributed by atoms with E-state index in [1.807, 2.05) is 12.4 Å². The predicted octanol–water partition coefficient (Wildman–Crippen LogP) is 3.72. The molecular formula is C15H16ClN3. The molecule has 0 saturated carbocycles. The number of nitrogens with zero attached hydrogens (tertiary/aromatic N) is 2. The van der Waals surface area contributed by atoms with Crippen LogP contribution in [-0.2, 0) is 12.8 Å². The van der Waals surface area contributed by atoms with Crippen molar-refractivity contribution in [3.63, 3.8) is 0 Å². The first kappa shape index (κ1) is 12.4.